The molecule has 0 saturated carbocycles. The van der Waals surface area contributed by atoms with Crippen LogP contribution in [-0.2, 0) is 9.53 Å². The first-order valence-corrected chi connectivity index (χ1v) is 6.75. The molecule has 0 fully saturated rings. The minimum atomic E-state index is -1.13. The van der Waals surface area contributed by atoms with Crippen molar-refractivity contribution in [3.63, 3.8) is 0 Å². The lowest BCUT2D eigenvalue weighted by Crippen LogP contribution is -2.38. The van der Waals surface area contributed by atoms with Crippen molar-refractivity contribution in [2.75, 3.05) is 0 Å². The van der Waals surface area contributed by atoms with Crippen molar-refractivity contribution in [3.05, 3.63) is 33.4 Å². The van der Waals surface area contributed by atoms with Crippen LogP contribution in [0.1, 0.15) is 32.4 Å². The van der Waals surface area contributed by atoms with E-state index < -0.39 is 23.7 Å². The van der Waals surface area contributed by atoms with Crippen LogP contribution in [0.25, 0.3) is 0 Å². The Kier molecular flexibility index (Phi) is 5.16. The Hall–Kier alpha value is -1.31. The van der Waals surface area contributed by atoms with Gasteiger partial charge in [0.1, 0.15) is 5.60 Å². The van der Waals surface area contributed by atoms with Crippen LogP contribution >= 0.6 is 22.6 Å². The van der Waals surface area contributed by atoms with Gasteiger partial charge in [0, 0.05) is 3.57 Å². The fourth-order valence-corrected chi connectivity index (χ4v) is 1.97. The smallest absolute Gasteiger partial charge is 0.408 e. The Morgan fingerprint density at radius 2 is 2.00 bits per heavy atom. The van der Waals surface area contributed by atoms with Gasteiger partial charge in [-0.15, -0.1) is 0 Å². The summed E-state index contributed by atoms with van der Waals surface area (Å²) in [5.41, 5.74) is -0.164. The molecule has 19 heavy (non-hydrogen) atoms. The summed E-state index contributed by atoms with van der Waals surface area (Å²) in [6.07, 6.45) is -0.751. The molecule has 0 aromatic heterocycles. The van der Waals surface area contributed by atoms with Gasteiger partial charge >= 0.3 is 12.1 Å². The molecule has 1 amide bonds. The molecule has 104 valence electrons. The standard InChI is InChI=1S/C13H16INO4/c1-13(2,3)19-12(18)15-10(11(16)17)8-5-4-6-9(14)7-8/h4-7,10H,1-3H3,(H,15,18)(H,16,17). The zero-order chi connectivity index (χ0) is 14.6. The molecule has 1 rings (SSSR count). The monoisotopic (exact) mass is 377 g/mol. The second kappa shape index (κ2) is 6.23. The average Bonchev–Trinajstić information content (AvgIpc) is 2.23. The van der Waals surface area contributed by atoms with Crippen molar-refractivity contribution in [2.45, 2.75) is 32.4 Å². The summed E-state index contributed by atoms with van der Waals surface area (Å²) in [5.74, 6) is -1.13. The number of carboxylic acid groups (broad SMARTS) is 1. The molecule has 1 aromatic rings. The fourth-order valence-electron chi connectivity index (χ4n) is 1.40. The van der Waals surface area contributed by atoms with Gasteiger partial charge in [-0.05, 0) is 61.1 Å². The number of aliphatic carboxylic acids is 1. The van der Waals surface area contributed by atoms with Crippen LogP contribution < -0.4 is 5.32 Å². The normalized spacial score (nSPS) is 12.6. The van der Waals surface area contributed by atoms with Crippen LogP contribution in [0.3, 0.4) is 0 Å². The summed E-state index contributed by atoms with van der Waals surface area (Å²) < 4.78 is 5.95. The number of hydrogen-bond donors (Lipinski definition) is 2. The van der Waals surface area contributed by atoms with E-state index in [-0.39, 0.29) is 0 Å². The number of carboxylic acids is 1. The van der Waals surface area contributed by atoms with Crippen molar-refractivity contribution in [1.29, 1.82) is 0 Å². The Bertz CT molecular complexity index is 482. The summed E-state index contributed by atoms with van der Waals surface area (Å²) in [6, 6.07) is 5.82. The van der Waals surface area contributed by atoms with Crippen LogP contribution in [0.4, 0.5) is 4.79 Å². The number of alkyl carbamates (subject to hydrolysis) is 1. The molecule has 0 heterocycles. The molecule has 1 atom stereocenters. The van der Waals surface area contributed by atoms with Gasteiger partial charge in [0.25, 0.3) is 0 Å². The molecule has 5 nitrogen and oxygen atoms in total. The first kappa shape index (κ1) is 15.7. The number of carbonyl (C=O) groups is 2. The Balaban J connectivity index is 2.85. The van der Waals surface area contributed by atoms with Crippen LogP contribution in [-0.4, -0.2) is 22.8 Å². The summed E-state index contributed by atoms with van der Waals surface area (Å²) in [7, 11) is 0. The summed E-state index contributed by atoms with van der Waals surface area (Å²) in [4.78, 5) is 22.9. The number of halogens is 1. The quantitative estimate of drug-likeness (QED) is 0.795. The van der Waals surface area contributed by atoms with E-state index in [0.717, 1.165) is 3.57 Å². The summed E-state index contributed by atoms with van der Waals surface area (Å²) >= 11 is 2.08. The van der Waals surface area contributed by atoms with Gasteiger partial charge in [0.15, 0.2) is 6.04 Å². The molecule has 1 aromatic carbocycles. The van der Waals surface area contributed by atoms with E-state index in [9.17, 15) is 14.7 Å². The minimum absolute atomic E-state index is 0.505. The molecular weight excluding hydrogens is 361 g/mol. The van der Waals surface area contributed by atoms with Crippen molar-refractivity contribution >= 4 is 34.7 Å². The van der Waals surface area contributed by atoms with Crippen LogP contribution in [0, 0.1) is 3.57 Å². The van der Waals surface area contributed by atoms with Crippen molar-refractivity contribution in [1.82, 2.24) is 5.32 Å². The molecule has 0 aliphatic carbocycles. The third kappa shape index (κ3) is 5.46. The highest BCUT2D eigenvalue weighted by atomic mass is 127. The van der Waals surface area contributed by atoms with Crippen molar-refractivity contribution in [2.24, 2.45) is 0 Å². The van der Waals surface area contributed by atoms with E-state index in [0.29, 0.717) is 5.56 Å². The summed E-state index contributed by atoms with van der Waals surface area (Å²) in [5, 5.41) is 11.5. The maximum absolute atomic E-state index is 11.6. The van der Waals surface area contributed by atoms with Gasteiger partial charge in [-0.1, -0.05) is 12.1 Å². The third-order valence-electron chi connectivity index (χ3n) is 2.09. The van der Waals surface area contributed by atoms with Gasteiger partial charge in [0.05, 0.1) is 0 Å². The van der Waals surface area contributed by atoms with Crippen LogP contribution in [0.2, 0.25) is 0 Å². The highest BCUT2D eigenvalue weighted by Gasteiger charge is 2.25. The number of ether oxygens (including phenoxy) is 1. The lowest BCUT2D eigenvalue weighted by molar-refractivity contribution is -0.139. The predicted molar refractivity (Wildman–Crippen MR) is 78.9 cm³/mol. The van der Waals surface area contributed by atoms with Crippen LogP contribution in [0.5, 0.6) is 0 Å². The fraction of sp³-hybridized carbons (Fsp3) is 0.385. The highest BCUT2D eigenvalue weighted by molar-refractivity contribution is 14.1. The molecular formula is C13H16INO4. The Labute approximate surface area is 125 Å². The SMILES string of the molecule is CC(C)(C)OC(=O)NC(C(=O)O)c1cccc(I)c1. The number of amides is 1. The molecule has 0 spiro atoms. The maximum Gasteiger partial charge on any atom is 0.408 e. The molecule has 0 aliphatic rings. The van der Waals surface area contributed by atoms with E-state index in [4.69, 9.17) is 4.74 Å². The molecule has 6 heteroatoms. The number of nitrogens with one attached hydrogen (secondary N) is 1. The van der Waals surface area contributed by atoms with E-state index in [2.05, 4.69) is 27.9 Å². The third-order valence-corrected chi connectivity index (χ3v) is 2.76. The van der Waals surface area contributed by atoms with Gasteiger partial charge < -0.3 is 15.2 Å². The zero-order valence-corrected chi connectivity index (χ0v) is 13.1. The lowest BCUT2D eigenvalue weighted by atomic mass is 10.1. The van der Waals surface area contributed by atoms with Gasteiger partial charge in [-0.2, -0.15) is 0 Å². The van der Waals surface area contributed by atoms with Gasteiger partial charge in [-0.25, -0.2) is 9.59 Å². The lowest BCUT2D eigenvalue weighted by Gasteiger charge is -2.22. The van der Waals surface area contributed by atoms with E-state index in [1.54, 1.807) is 39.0 Å². The molecule has 2 N–H and O–H groups in total. The average molecular weight is 377 g/mol. The molecule has 0 bridgehead atoms. The van der Waals surface area contributed by atoms with E-state index >= 15 is 0 Å². The molecule has 0 aliphatic heterocycles. The molecule has 0 saturated heterocycles. The first-order valence-electron chi connectivity index (χ1n) is 5.67. The highest BCUT2D eigenvalue weighted by Crippen LogP contribution is 2.17. The summed E-state index contributed by atoms with van der Waals surface area (Å²) in [6.45, 7) is 5.15. The molecule has 0 radical (unpaired) electrons. The maximum atomic E-state index is 11.6. The Morgan fingerprint density at radius 3 is 2.47 bits per heavy atom. The minimum Gasteiger partial charge on any atom is -0.479 e. The second-order valence-corrected chi connectivity index (χ2v) is 6.22. The number of benzene rings is 1. The van der Waals surface area contributed by atoms with Gasteiger partial charge in [0.2, 0.25) is 0 Å². The Morgan fingerprint density at radius 1 is 1.37 bits per heavy atom. The first-order chi connectivity index (χ1) is 8.69. The number of rotatable bonds is 3. The molecule has 1 unspecified atom stereocenters. The zero-order valence-electron chi connectivity index (χ0n) is 10.9. The van der Waals surface area contributed by atoms with Crippen LogP contribution in [0.15, 0.2) is 24.3 Å². The van der Waals surface area contributed by atoms with Gasteiger partial charge in [-0.3, -0.25) is 0 Å². The second-order valence-electron chi connectivity index (χ2n) is 4.97. The topological polar surface area (TPSA) is 75.6 Å². The predicted octanol–water partition coefficient (Wildman–Crippen LogP) is 2.94. The van der Waals surface area contributed by atoms with Crippen molar-refractivity contribution in [3.8, 4) is 0 Å². The van der Waals surface area contributed by atoms with Crippen molar-refractivity contribution < 1.29 is 19.4 Å². The van der Waals surface area contributed by atoms with E-state index in [1.807, 2.05) is 6.07 Å². The largest absolute Gasteiger partial charge is 0.479 e. The van der Waals surface area contributed by atoms with E-state index in [1.165, 1.54) is 0 Å². The number of hydrogen-bond acceptors (Lipinski definition) is 3. The number of carbonyl (C=O) groups excluding carboxylic acids is 1.